The van der Waals surface area contributed by atoms with Gasteiger partial charge in [0.05, 0.1) is 23.8 Å². The summed E-state index contributed by atoms with van der Waals surface area (Å²) in [7, 11) is -3.47. The average molecular weight is 371 g/mol. The molecule has 0 bridgehead atoms. The average Bonchev–Trinajstić information content (AvgIpc) is 3.24. The fourth-order valence-electron chi connectivity index (χ4n) is 2.84. The van der Waals surface area contributed by atoms with Gasteiger partial charge >= 0.3 is 0 Å². The van der Waals surface area contributed by atoms with Gasteiger partial charge in [0.15, 0.2) is 0 Å². The van der Waals surface area contributed by atoms with Crippen molar-refractivity contribution in [2.24, 2.45) is 0 Å². The highest BCUT2D eigenvalue weighted by Crippen LogP contribution is 2.24. The lowest BCUT2D eigenvalue weighted by Crippen LogP contribution is -2.40. The predicted molar refractivity (Wildman–Crippen MR) is 94.2 cm³/mol. The maximum absolute atomic E-state index is 12.7. The summed E-state index contributed by atoms with van der Waals surface area (Å²) in [6.45, 7) is 1.65. The lowest BCUT2D eigenvalue weighted by Gasteiger charge is -2.26. The van der Waals surface area contributed by atoms with Crippen molar-refractivity contribution in [3.8, 4) is 16.8 Å². The van der Waals surface area contributed by atoms with Crippen molar-refractivity contribution in [3.63, 3.8) is 0 Å². The lowest BCUT2D eigenvalue weighted by atomic mass is 10.1. The smallest absolute Gasteiger partial charge is 0.243 e. The van der Waals surface area contributed by atoms with E-state index in [1.54, 1.807) is 16.8 Å². The van der Waals surface area contributed by atoms with Crippen molar-refractivity contribution in [3.05, 3.63) is 54.9 Å². The largest absolute Gasteiger partial charge is 0.379 e. The van der Waals surface area contributed by atoms with Crippen LogP contribution in [0.5, 0.6) is 0 Å². The molecule has 1 aromatic heterocycles. The van der Waals surface area contributed by atoms with E-state index >= 15 is 0 Å². The molecular formula is C17H17N5O3S. The number of tetrazole rings is 1. The monoisotopic (exact) mass is 371 g/mol. The Bertz CT molecular complexity index is 964. The summed E-state index contributed by atoms with van der Waals surface area (Å²) in [5, 5.41) is 11.1. The van der Waals surface area contributed by atoms with Gasteiger partial charge in [-0.15, -0.1) is 5.10 Å². The van der Waals surface area contributed by atoms with Crippen LogP contribution in [0.3, 0.4) is 0 Å². The van der Waals surface area contributed by atoms with Gasteiger partial charge in [-0.3, -0.25) is 0 Å². The van der Waals surface area contributed by atoms with Crippen molar-refractivity contribution in [2.45, 2.75) is 4.90 Å². The van der Waals surface area contributed by atoms with E-state index < -0.39 is 10.0 Å². The van der Waals surface area contributed by atoms with Gasteiger partial charge in [0.1, 0.15) is 6.33 Å². The second-order valence-electron chi connectivity index (χ2n) is 5.84. The first-order valence-corrected chi connectivity index (χ1v) is 9.60. The number of hydrogen-bond acceptors (Lipinski definition) is 6. The molecule has 0 amide bonds. The standard InChI is InChI=1S/C17H17N5O3S/c23-26(24,21-9-11-25-12-10-21)17-7-3-15(4-8-17)14-1-5-16(6-2-14)22-13-18-19-20-22/h1-8,13H,9-12H2. The summed E-state index contributed by atoms with van der Waals surface area (Å²) in [4.78, 5) is 0.300. The highest BCUT2D eigenvalue weighted by atomic mass is 32.2. The number of benzene rings is 2. The number of aromatic nitrogens is 4. The molecule has 0 N–H and O–H groups in total. The van der Waals surface area contributed by atoms with Crippen LogP contribution in [0.4, 0.5) is 0 Å². The van der Waals surface area contributed by atoms with Crippen LogP contribution in [0.1, 0.15) is 0 Å². The molecule has 1 saturated heterocycles. The molecule has 1 aliphatic rings. The van der Waals surface area contributed by atoms with Crippen LogP contribution < -0.4 is 0 Å². The highest BCUT2D eigenvalue weighted by Gasteiger charge is 2.26. The third-order valence-corrected chi connectivity index (χ3v) is 6.19. The number of nitrogens with zero attached hydrogens (tertiary/aromatic N) is 5. The summed E-state index contributed by atoms with van der Waals surface area (Å²) in [6.07, 6.45) is 1.53. The van der Waals surface area contributed by atoms with Crippen LogP contribution in [-0.4, -0.2) is 59.2 Å². The van der Waals surface area contributed by atoms with Gasteiger partial charge in [-0.25, -0.2) is 13.1 Å². The van der Waals surface area contributed by atoms with E-state index in [9.17, 15) is 8.42 Å². The van der Waals surface area contributed by atoms with Crippen LogP contribution in [-0.2, 0) is 14.8 Å². The zero-order valence-corrected chi connectivity index (χ0v) is 14.7. The molecule has 0 spiro atoms. The van der Waals surface area contributed by atoms with Gasteiger partial charge in [0.25, 0.3) is 0 Å². The van der Waals surface area contributed by atoms with Crippen molar-refractivity contribution in [1.29, 1.82) is 0 Å². The molecule has 1 aliphatic heterocycles. The first-order chi connectivity index (χ1) is 12.6. The number of rotatable bonds is 4. The first-order valence-electron chi connectivity index (χ1n) is 8.16. The van der Waals surface area contributed by atoms with Gasteiger partial charge in [0.2, 0.25) is 10.0 Å². The SMILES string of the molecule is O=S(=O)(c1ccc(-c2ccc(-n3cnnn3)cc2)cc1)N1CCOCC1. The number of sulfonamides is 1. The summed E-state index contributed by atoms with van der Waals surface area (Å²) >= 11 is 0. The van der Waals surface area contributed by atoms with E-state index in [1.807, 2.05) is 36.4 Å². The van der Waals surface area contributed by atoms with Gasteiger partial charge in [-0.2, -0.15) is 4.31 Å². The maximum Gasteiger partial charge on any atom is 0.243 e. The van der Waals surface area contributed by atoms with E-state index in [-0.39, 0.29) is 0 Å². The van der Waals surface area contributed by atoms with Gasteiger partial charge < -0.3 is 4.74 Å². The Morgan fingerprint density at radius 3 is 2.08 bits per heavy atom. The zero-order chi connectivity index (χ0) is 18.0. The van der Waals surface area contributed by atoms with E-state index in [1.165, 1.54) is 10.6 Å². The summed E-state index contributed by atoms with van der Waals surface area (Å²) in [5.74, 6) is 0. The number of ether oxygens (including phenoxy) is 1. The third kappa shape index (κ3) is 3.24. The van der Waals surface area contributed by atoms with E-state index in [4.69, 9.17) is 4.74 Å². The Balaban J connectivity index is 1.56. The topological polar surface area (TPSA) is 90.2 Å². The molecule has 2 heterocycles. The van der Waals surface area contributed by atoms with Crippen molar-refractivity contribution in [2.75, 3.05) is 26.3 Å². The minimum Gasteiger partial charge on any atom is -0.379 e. The molecule has 1 fully saturated rings. The van der Waals surface area contributed by atoms with Crippen molar-refractivity contribution < 1.29 is 13.2 Å². The van der Waals surface area contributed by atoms with Crippen molar-refractivity contribution in [1.82, 2.24) is 24.5 Å². The van der Waals surface area contributed by atoms with Crippen molar-refractivity contribution >= 4 is 10.0 Å². The molecule has 0 atom stereocenters. The van der Waals surface area contributed by atoms with Crippen LogP contribution >= 0.6 is 0 Å². The number of morpholine rings is 1. The van der Waals surface area contributed by atoms with Crippen LogP contribution in [0.25, 0.3) is 16.8 Å². The zero-order valence-electron chi connectivity index (χ0n) is 13.9. The molecule has 8 nitrogen and oxygen atoms in total. The molecule has 0 unspecified atom stereocenters. The molecule has 0 aliphatic carbocycles. The Morgan fingerprint density at radius 1 is 0.885 bits per heavy atom. The Morgan fingerprint density at radius 2 is 1.50 bits per heavy atom. The molecule has 134 valence electrons. The molecule has 2 aromatic carbocycles. The van der Waals surface area contributed by atoms with Crippen LogP contribution in [0.15, 0.2) is 59.8 Å². The quantitative estimate of drug-likeness (QED) is 0.688. The molecule has 0 saturated carbocycles. The van der Waals surface area contributed by atoms with E-state index in [2.05, 4.69) is 15.5 Å². The Kier molecular flexibility index (Phi) is 4.49. The fraction of sp³-hybridized carbons (Fsp3) is 0.235. The molecule has 3 aromatic rings. The van der Waals surface area contributed by atoms with E-state index in [0.717, 1.165) is 16.8 Å². The molecule has 9 heteroatoms. The third-order valence-electron chi connectivity index (χ3n) is 4.28. The molecular weight excluding hydrogens is 354 g/mol. The lowest BCUT2D eigenvalue weighted by molar-refractivity contribution is 0.0730. The number of hydrogen-bond donors (Lipinski definition) is 0. The molecule has 0 radical (unpaired) electrons. The predicted octanol–water partition coefficient (Wildman–Crippen LogP) is 1.35. The van der Waals surface area contributed by atoms with E-state index in [0.29, 0.717) is 31.2 Å². The second-order valence-corrected chi connectivity index (χ2v) is 7.78. The second kappa shape index (κ2) is 6.94. The normalized spacial score (nSPS) is 15.8. The van der Waals surface area contributed by atoms with Gasteiger partial charge in [-0.05, 0) is 45.8 Å². The Labute approximate surface area is 151 Å². The summed E-state index contributed by atoms with van der Waals surface area (Å²) < 4.78 is 33.6. The highest BCUT2D eigenvalue weighted by molar-refractivity contribution is 7.89. The molecule has 26 heavy (non-hydrogen) atoms. The Hall–Kier alpha value is -2.62. The van der Waals surface area contributed by atoms with Crippen LogP contribution in [0, 0.1) is 0 Å². The maximum atomic E-state index is 12.7. The molecule has 4 rings (SSSR count). The summed E-state index contributed by atoms with van der Waals surface area (Å²) in [6, 6.07) is 14.6. The van der Waals surface area contributed by atoms with Gasteiger partial charge in [-0.1, -0.05) is 24.3 Å². The van der Waals surface area contributed by atoms with Crippen LogP contribution in [0.2, 0.25) is 0 Å². The summed E-state index contributed by atoms with van der Waals surface area (Å²) in [5.41, 5.74) is 2.77. The minimum atomic E-state index is -3.47. The fourth-order valence-corrected chi connectivity index (χ4v) is 4.25. The van der Waals surface area contributed by atoms with Gasteiger partial charge in [0, 0.05) is 13.1 Å². The minimum absolute atomic E-state index is 0.300. The first kappa shape index (κ1) is 16.8.